The molecule has 37 heavy (non-hydrogen) atoms. The van der Waals surface area contributed by atoms with Gasteiger partial charge in [-0.2, -0.15) is 0 Å². The monoisotopic (exact) mass is 578 g/mol. The molecule has 0 unspecified atom stereocenters. The molecule has 0 saturated carbocycles. The normalized spacial score (nSPS) is 17.3. The number of allylic oxidation sites excluding steroid dienone is 3. The number of thiocarbonyl (C=S) groups is 2. The number of benzene rings is 1. The molecule has 0 aromatic heterocycles. The summed E-state index contributed by atoms with van der Waals surface area (Å²) < 4.78 is 14.1. The number of hydrogen-bond donors (Lipinski definition) is 0. The Morgan fingerprint density at radius 3 is 1.95 bits per heavy atom. The molecule has 6 heteroatoms. The molecule has 1 aliphatic carbocycles. The van der Waals surface area contributed by atoms with Crippen LogP contribution in [-0.2, 0) is 6.42 Å². The van der Waals surface area contributed by atoms with E-state index in [2.05, 4.69) is 59.4 Å². The Labute approximate surface area is 245 Å². The molecule has 2 nitrogen and oxygen atoms in total. The van der Waals surface area contributed by atoms with E-state index in [0.717, 1.165) is 79.9 Å². The summed E-state index contributed by atoms with van der Waals surface area (Å²) >= 11 is 14.7. The van der Waals surface area contributed by atoms with Crippen LogP contribution < -0.4 is 9.47 Å². The molecule has 1 aromatic carbocycles. The van der Waals surface area contributed by atoms with Gasteiger partial charge in [-0.15, -0.1) is 0 Å². The van der Waals surface area contributed by atoms with Gasteiger partial charge in [-0.25, -0.2) is 0 Å². The first-order chi connectivity index (χ1) is 17.8. The molecule has 0 saturated heterocycles. The number of ether oxygens (including phenoxy) is 2. The van der Waals surface area contributed by atoms with E-state index in [1.807, 2.05) is 0 Å². The summed E-state index contributed by atoms with van der Waals surface area (Å²) in [4.78, 5) is 0. The maximum atomic E-state index is 6.48. The van der Waals surface area contributed by atoms with E-state index in [-0.39, 0.29) is 5.92 Å². The maximum Gasteiger partial charge on any atom is 0.225 e. The molecule has 0 spiro atoms. The molecule has 2 atom stereocenters. The van der Waals surface area contributed by atoms with Gasteiger partial charge in [-0.3, -0.25) is 0 Å². The second-order valence-electron chi connectivity index (χ2n) is 10.1. The third-order valence-electron chi connectivity index (χ3n) is 6.77. The van der Waals surface area contributed by atoms with Crippen molar-refractivity contribution in [1.82, 2.24) is 0 Å². The van der Waals surface area contributed by atoms with Crippen molar-refractivity contribution in [2.45, 2.75) is 105 Å². The highest BCUT2D eigenvalue weighted by Gasteiger charge is 2.32. The van der Waals surface area contributed by atoms with Crippen LogP contribution in [-0.4, -0.2) is 20.3 Å². The summed E-state index contributed by atoms with van der Waals surface area (Å²) in [7, 11) is 0. The van der Waals surface area contributed by atoms with Gasteiger partial charge in [0.1, 0.15) is 11.5 Å². The van der Waals surface area contributed by atoms with Crippen molar-refractivity contribution in [3.63, 3.8) is 0 Å². The third-order valence-corrected chi connectivity index (χ3v) is 9.27. The topological polar surface area (TPSA) is 18.5 Å². The number of unbranched alkanes of at least 4 members (excludes halogenated alkanes) is 4. The second-order valence-corrected chi connectivity index (χ2v) is 13.5. The van der Waals surface area contributed by atoms with Gasteiger partial charge < -0.3 is 9.47 Å². The number of rotatable bonds is 14. The molecule has 206 valence electrons. The molecule has 0 heterocycles. The van der Waals surface area contributed by atoms with Gasteiger partial charge in [-0.05, 0) is 100 Å². The highest BCUT2D eigenvalue weighted by molar-refractivity contribution is 8.23. The fourth-order valence-electron chi connectivity index (χ4n) is 4.62. The van der Waals surface area contributed by atoms with E-state index >= 15 is 0 Å². The first kappa shape index (κ1) is 32.4. The fourth-order valence-corrected chi connectivity index (χ4v) is 6.80. The lowest BCUT2D eigenvalue weighted by atomic mass is 9.73. The van der Waals surface area contributed by atoms with Crippen LogP contribution in [0.1, 0.15) is 109 Å². The molecule has 2 rings (SSSR count). The maximum absolute atomic E-state index is 6.48. The van der Waals surface area contributed by atoms with Gasteiger partial charge >= 0.3 is 0 Å². The minimum absolute atomic E-state index is 0.118. The second kappa shape index (κ2) is 17.7. The van der Waals surface area contributed by atoms with E-state index in [9.17, 15) is 0 Å². The Morgan fingerprint density at radius 2 is 1.46 bits per heavy atom. The zero-order valence-electron chi connectivity index (χ0n) is 23.5. The van der Waals surface area contributed by atoms with Crippen molar-refractivity contribution >= 4 is 56.7 Å². The quantitative estimate of drug-likeness (QED) is 0.123. The molecule has 0 amide bonds. The van der Waals surface area contributed by atoms with Crippen LogP contribution in [0, 0.1) is 5.92 Å². The summed E-state index contributed by atoms with van der Waals surface area (Å²) in [6.45, 7) is 15.3. The molecule has 0 fully saturated rings. The highest BCUT2D eigenvalue weighted by atomic mass is 32.2. The number of aryl methyl sites for hydroxylation is 1. The average Bonchev–Trinajstić information content (AvgIpc) is 2.84. The Kier molecular flexibility index (Phi) is 15.5. The third kappa shape index (κ3) is 11.1. The van der Waals surface area contributed by atoms with E-state index in [4.69, 9.17) is 33.9 Å². The molecule has 0 N–H and O–H groups in total. The lowest BCUT2D eigenvalue weighted by Gasteiger charge is -2.33. The van der Waals surface area contributed by atoms with Crippen LogP contribution in [0.4, 0.5) is 0 Å². The summed E-state index contributed by atoms with van der Waals surface area (Å²) in [5, 5.41) is 0. The van der Waals surface area contributed by atoms with Crippen molar-refractivity contribution in [2.24, 2.45) is 5.92 Å². The summed E-state index contributed by atoms with van der Waals surface area (Å²) in [6, 6.07) is 4.40. The zero-order valence-corrected chi connectivity index (χ0v) is 26.8. The molecule has 0 bridgehead atoms. The van der Waals surface area contributed by atoms with Crippen LogP contribution in [0.3, 0.4) is 0 Å². The van der Waals surface area contributed by atoms with Gasteiger partial charge in [0, 0.05) is 23.0 Å². The smallest absolute Gasteiger partial charge is 0.225 e. The van der Waals surface area contributed by atoms with Crippen molar-refractivity contribution in [1.29, 1.82) is 0 Å². The van der Waals surface area contributed by atoms with Gasteiger partial charge in [0.2, 0.25) is 8.77 Å². The van der Waals surface area contributed by atoms with Gasteiger partial charge in [0.05, 0.1) is 0 Å². The van der Waals surface area contributed by atoms with E-state index in [1.165, 1.54) is 29.6 Å². The van der Waals surface area contributed by atoms with Crippen molar-refractivity contribution in [3.8, 4) is 11.5 Å². The first-order valence-corrected chi connectivity index (χ1v) is 16.8. The summed E-state index contributed by atoms with van der Waals surface area (Å²) in [6.07, 6.45) is 13.6. The minimum Gasteiger partial charge on any atom is -0.439 e. The highest BCUT2D eigenvalue weighted by Crippen LogP contribution is 2.48. The number of hydrogen-bond acceptors (Lipinski definition) is 6. The van der Waals surface area contributed by atoms with E-state index in [1.54, 1.807) is 23.5 Å². The SMILES string of the molecule is C=C(C)[C@@H]1CCC(C)=C[C@H]1c1c(OC(=S)SCCCC)cc(CCCCC)cc1OC(=S)SCCCC. The summed E-state index contributed by atoms with van der Waals surface area (Å²) in [5.41, 5.74) is 4.86. The van der Waals surface area contributed by atoms with Crippen molar-refractivity contribution < 1.29 is 9.47 Å². The first-order valence-electron chi connectivity index (χ1n) is 14.0. The van der Waals surface area contributed by atoms with E-state index < -0.39 is 0 Å². The average molecular weight is 579 g/mol. The standard InChI is InChI=1S/C31H46O2S4/c1-7-10-13-14-24-20-27(32-30(34)36-17-11-8-2)29(26-19-23(6)15-16-25(26)22(4)5)28(21-24)33-31(35)37-18-12-9-3/h19-21,25-26H,4,7-18H2,1-3,5-6H3/t25-,26+/m0/s1. The van der Waals surface area contributed by atoms with Crippen LogP contribution in [0.2, 0.25) is 0 Å². The van der Waals surface area contributed by atoms with Gasteiger partial charge in [0.25, 0.3) is 0 Å². The van der Waals surface area contributed by atoms with Crippen molar-refractivity contribution in [2.75, 3.05) is 11.5 Å². The van der Waals surface area contributed by atoms with Crippen LogP contribution in [0.5, 0.6) is 11.5 Å². The lowest BCUT2D eigenvalue weighted by Crippen LogP contribution is -2.20. The molecule has 0 radical (unpaired) electrons. The Bertz CT molecular complexity index is 892. The molecular weight excluding hydrogens is 533 g/mol. The van der Waals surface area contributed by atoms with Gasteiger partial charge in [0.15, 0.2) is 0 Å². The van der Waals surface area contributed by atoms with E-state index in [0.29, 0.717) is 14.7 Å². The minimum atomic E-state index is 0.118. The molecular formula is C31H46O2S4. The predicted molar refractivity (Wildman–Crippen MR) is 175 cm³/mol. The summed E-state index contributed by atoms with van der Waals surface area (Å²) in [5.74, 6) is 4.02. The van der Waals surface area contributed by atoms with Crippen molar-refractivity contribution in [3.05, 3.63) is 47.1 Å². The zero-order chi connectivity index (χ0) is 27.2. The lowest BCUT2D eigenvalue weighted by molar-refractivity contribution is 0.452. The number of thioether (sulfide) groups is 2. The van der Waals surface area contributed by atoms with Crippen LogP contribution in [0.25, 0.3) is 0 Å². The molecule has 0 aliphatic heterocycles. The molecule has 1 aliphatic rings. The Morgan fingerprint density at radius 1 is 0.919 bits per heavy atom. The largest absolute Gasteiger partial charge is 0.439 e. The van der Waals surface area contributed by atoms with Gasteiger partial charge in [-0.1, -0.05) is 93.8 Å². The van der Waals surface area contributed by atoms with Crippen LogP contribution in [0.15, 0.2) is 35.9 Å². The predicted octanol–water partition coefficient (Wildman–Crippen LogP) is 10.8. The molecule has 1 aromatic rings. The van der Waals surface area contributed by atoms with Crippen LogP contribution >= 0.6 is 48.0 Å². The Balaban J connectivity index is 2.57. The fraction of sp³-hybridized carbons (Fsp3) is 0.613. The Hall–Kier alpha value is -0.820.